The number of carbonyl (C=O) groups is 1. The lowest BCUT2D eigenvalue weighted by Gasteiger charge is -2.07. The van der Waals surface area contributed by atoms with Gasteiger partial charge in [-0.25, -0.2) is 0 Å². The average molecular weight is 171 g/mol. The van der Waals surface area contributed by atoms with Gasteiger partial charge in [0, 0.05) is 12.5 Å². The smallest absolute Gasteiger partial charge is 0.146 e. The highest BCUT2D eigenvalue weighted by atomic mass is 16.1. The molecule has 0 aliphatic rings. The van der Waals surface area contributed by atoms with E-state index in [-0.39, 0.29) is 0 Å². The number of carbonyl (C=O) groups excluding carboxylic acids is 1. The molecule has 1 N–H and O–H groups in total. The lowest BCUT2D eigenvalue weighted by Crippen LogP contribution is -2.29. The molecule has 72 valence electrons. The highest BCUT2D eigenvalue weighted by molar-refractivity contribution is 5.80. The van der Waals surface area contributed by atoms with Gasteiger partial charge in [0.15, 0.2) is 0 Å². The molecule has 0 saturated carbocycles. The van der Waals surface area contributed by atoms with E-state index in [9.17, 15) is 4.79 Å². The largest absolute Gasteiger partial charge is 0.308 e. The van der Waals surface area contributed by atoms with E-state index in [1.54, 1.807) is 0 Å². The number of ketones is 1. The Morgan fingerprint density at radius 2 is 1.83 bits per heavy atom. The first-order chi connectivity index (χ1) is 5.52. The van der Waals surface area contributed by atoms with Crippen molar-refractivity contribution in [3.8, 4) is 0 Å². The van der Waals surface area contributed by atoms with Gasteiger partial charge in [0.2, 0.25) is 0 Å². The molecule has 12 heavy (non-hydrogen) atoms. The van der Waals surface area contributed by atoms with Gasteiger partial charge < -0.3 is 5.32 Å². The molecule has 0 fully saturated rings. The van der Waals surface area contributed by atoms with Gasteiger partial charge in [-0.15, -0.1) is 0 Å². The Bertz CT molecular complexity index is 116. The fourth-order valence-electron chi connectivity index (χ4n) is 0.856. The number of rotatable bonds is 6. The van der Waals surface area contributed by atoms with E-state index < -0.39 is 0 Å². The first-order valence-electron chi connectivity index (χ1n) is 4.77. The summed E-state index contributed by atoms with van der Waals surface area (Å²) in [5, 5.41) is 3.12. The van der Waals surface area contributed by atoms with Crippen molar-refractivity contribution in [2.45, 2.75) is 46.6 Å². The Balaban J connectivity index is 3.34. The zero-order valence-corrected chi connectivity index (χ0v) is 8.68. The molecule has 0 aromatic heterocycles. The van der Waals surface area contributed by atoms with Crippen LogP contribution in [0.25, 0.3) is 0 Å². The van der Waals surface area contributed by atoms with Crippen molar-refractivity contribution in [3.63, 3.8) is 0 Å². The SMILES string of the molecule is CC(C)CCC(=O)CNC(C)C. The minimum Gasteiger partial charge on any atom is -0.308 e. The van der Waals surface area contributed by atoms with Crippen molar-refractivity contribution in [1.82, 2.24) is 5.32 Å². The van der Waals surface area contributed by atoms with Crippen LogP contribution in [0.5, 0.6) is 0 Å². The molecule has 2 nitrogen and oxygen atoms in total. The summed E-state index contributed by atoms with van der Waals surface area (Å²) < 4.78 is 0. The molecule has 0 aliphatic carbocycles. The van der Waals surface area contributed by atoms with E-state index in [1.165, 1.54) is 0 Å². The Labute approximate surface area is 75.7 Å². The molecule has 0 rings (SSSR count). The fourth-order valence-corrected chi connectivity index (χ4v) is 0.856. The van der Waals surface area contributed by atoms with Crippen LogP contribution in [0.4, 0.5) is 0 Å². The number of nitrogens with one attached hydrogen (secondary N) is 1. The molecule has 0 aliphatic heterocycles. The van der Waals surface area contributed by atoms with E-state index in [1.807, 2.05) is 0 Å². The van der Waals surface area contributed by atoms with Crippen LogP contribution in [-0.4, -0.2) is 18.4 Å². The number of hydrogen-bond acceptors (Lipinski definition) is 2. The summed E-state index contributed by atoms with van der Waals surface area (Å²) in [4.78, 5) is 11.2. The molecule has 0 aromatic carbocycles. The minimum absolute atomic E-state index is 0.331. The van der Waals surface area contributed by atoms with Crippen LogP contribution in [0.2, 0.25) is 0 Å². The summed E-state index contributed by atoms with van der Waals surface area (Å²) in [5.74, 6) is 0.963. The molecule has 0 heterocycles. The third kappa shape index (κ3) is 7.73. The van der Waals surface area contributed by atoms with E-state index in [0.29, 0.717) is 24.3 Å². The zero-order chi connectivity index (χ0) is 9.56. The van der Waals surface area contributed by atoms with Crippen molar-refractivity contribution in [2.24, 2.45) is 5.92 Å². The van der Waals surface area contributed by atoms with Crippen molar-refractivity contribution in [2.75, 3.05) is 6.54 Å². The molecule has 0 amide bonds. The van der Waals surface area contributed by atoms with Crippen molar-refractivity contribution >= 4 is 5.78 Å². The van der Waals surface area contributed by atoms with Crippen LogP contribution in [0.15, 0.2) is 0 Å². The molecule has 0 saturated heterocycles. The Morgan fingerprint density at radius 1 is 1.25 bits per heavy atom. The van der Waals surface area contributed by atoms with Gasteiger partial charge in [-0.3, -0.25) is 4.79 Å². The van der Waals surface area contributed by atoms with Gasteiger partial charge in [-0.1, -0.05) is 27.7 Å². The van der Waals surface area contributed by atoms with Crippen LogP contribution in [0, 0.1) is 5.92 Å². The maximum Gasteiger partial charge on any atom is 0.146 e. The van der Waals surface area contributed by atoms with E-state index in [2.05, 4.69) is 33.0 Å². The summed E-state index contributed by atoms with van der Waals surface area (Å²) in [6.45, 7) is 8.92. The van der Waals surface area contributed by atoms with Crippen LogP contribution < -0.4 is 5.32 Å². The third-order valence-corrected chi connectivity index (χ3v) is 1.71. The number of hydrogen-bond donors (Lipinski definition) is 1. The maximum atomic E-state index is 11.2. The predicted molar refractivity (Wildman–Crippen MR) is 52.2 cm³/mol. The van der Waals surface area contributed by atoms with E-state index >= 15 is 0 Å². The first-order valence-corrected chi connectivity index (χ1v) is 4.77. The molecular weight excluding hydrogens is 150 g/mol. The molecule has 0 aromatic rings. The molecule has 0 unspecified atom stereocenters. The highest BCUT2D eigenvalue weighted by Gasteiger charge is 2.03. The van der Waals surface area contributed by atoms with Gasteiger partial charge in [0.25, 0.3) is 0 Å². The number of Topliss-reactive ketones (excluding diaryl/α,β-unsaturated/α-hetero) is 1. The van der Waals surface area contributed by atoms with Gasteiger partial charge in [-0.05, 0) is 12.3 Å². The van der Waals surface area contributed by atoms with Crippen molar-refractivity contribution in [3.05, 3.63) is 0 Å². The zero-order valence-electron chi connectivity index (χ0n) is 8.68. The molecular formula is C10H21NO. The van der Waals surface area contributed by atoms with E-state index in [0.717, 1.165) is 12.8 Å². The highest BCUT2D eigenvalue weighted by Crippen LogP contribution is 2.03. The van der Waals surface area contributed by atoms with Crippen LogP contribution in [-0.2, 0) is 4.79 Å². The maximum absolute atomic E-state index is 11.2. The summed E-state index contributed by atoms with van der Waals surface area (Å²) in [5.41, 5.74) is 0. The summed E-state index contributed by atoms with van der Waals surface area (Å²) in [7, 11) is 0. The first kappa shape index (κ1) is 11.6. The fraction of sp³-hybridized carbons (Fsp3) is 0.900. The second-order valence-electron chi connectivity index (χ2n) is 4.01. The van der Waals surface area contributed by atoms with Crippen LogP contribution in [0.1, 0.15) is 40.5 Å². The van der Waals surface area contributed by atoms with Crippen molar-refractivity contribution in [1.29, 1.82) is 0 Å². The standard InChI is InChI=1S/C10H21NO/c1-8(2)5-6-10(12)7-11-9(3)4/h8-9,11H,5-7H2,1-4H3. The lowest BCUT2D eigenvalue weighted by atomic mass is 10.1. The third-order valence-electron chi connectivity index (χ3n) is 1.71. The molecule has 2 heteroatoms. The van der Waals surface area contributed by atoms with Gasteiger partial charge in [-0.2, -0.15) is 0 Å². The topological polar surface area (TPSA) is 29.1 Å². The average Bonchev–Trinajstić information content (AvgIpc) is 1.96. The van der Waals surface area contributed by atoms with Crippen LogP contribution >= 0.6 is 0 Å². The Hall–Kier alpha value is -0.370. The minimum atomic E-state index is 0.331. The summed E-state index contributed by atoms with van der Waals surface area (Å²) in [6, 6.07) is 0.410. The van der Waals surface area contributed by atoms with Gasteiger partial charge in [0.05, 0.1) is 6.54 Å². The molecule has 0 radical (unpaired) electrons. The second kappa shape index (κ2) is 6.18. The summed E-state index contributed by atoms with van der Waals surface area (Å²) >= 11 is 0. The van der Waals surface area contributed by atoms with Gasteiger partial charge >= 0.3 is 0 Å². The second-order valence-corrected chi connectivity index (χ2v) is 4.01. The Kier molecular flexibility index (Phi) is 5.99. The van der Waals surface area contributed by atoms with Crippen LogP contribution in [0.3, 0.4) is 0 Å². The van der Waals surface area contributed by atoms with Gasteiger partial charge in [0.1, 0.15) is 5.78 Å². The van der Waals surface area contributed by atoms with E-state index in [4.69, 9.17) is 0 Å². The van der Waals surface area contributed by atoms with Crippen molar-refractivity contribution < 1.29 is 4.79 Å². The summed E-state index contributed by atoms with van der Waals surface area (Å²) in [6.07, 6.45) is 1.73. The lowest BCUT2D eigenvalue weighted by molar-refractivity contribution is -0.118. The molecule has 0 spiro atoms. The monoisotopic (exact) mass is 171 g/mol. The Morgan fingerprint density at radius 3 is 2.25 bits per heavy atom. The molecule has 0 bridgehead atoms. The quantitative estimate of drug-likeness (QED) is 0.662. The normalized spacial score (nSPS) is 11.2. The molecule has 0 atom stereocenters. The predicted octanol–water partition coefficient (Wildman–Crippen LogP) is 1.99.